The van der Waals surface area contributed by atoms with Gasteiger partial charge in [-0.25, -0.2) is 0 Å². The van der Waals surface area contributed by atoms with Crippen molar-refractivity contribution in [2.45, 2.75) is 19.4 Å². The van der Waals surface area contributed by atoms with E-state index in [1.165, 1.54) is 5.56 Å². The van der Waals surface area contributed by atoms with Crippen LogP contribution >= 0.6 is 11.6 Å². The van der Waals surface area contributed by atoms with Gasteiger partial charge in [0.05, 0.1) is 5.92 Å². The second kappa shape index (κ2) is 10.5. The Bertz CT molecular complexity index is 924. The second-order valence-corrected chi connectivity index (χ2v) is 9.30. The molecule has 2 aliphatic rings. The number of benzene rings is 2. The summed E-state index contributed by atoms with van der Waals surface area (Å²) in [5.41, 5.74) is 2.66. The molecule has 0 aromatic heterocycles. The molecule has 0 spiro atoms. The molecule has 1 atom stereocenters. The summed E-state index contributed by atoms with van der Waals surface area (Å²) in [6.07, 6.45) is 1.61. The molecule has 4 rings (SSSR count). The normalized spacial score (nSPS) is 20.2. The molecular weight excluding hydrogens is 424 g/mol. The molecule has 7 heteroatoms. The number of likely N-dealkylation sites (N-methyl/N-ethyl adjacent to an activating group) is 1. The molecule has 6 nitrogen and oxygen atoms in total. The third kappa shape index (κ3) is 5.88. The molecule has 2 aliphatic heterocycles. The number of hydrogen-bond acceptors (Lipinski definition) is 4. The maximum absolute atomic E-state index is 12.9. The van der Waals surface area contributed by atoms with Crippen LogP contribution in [-0.4, -0.2) is 72.8 Å². The summed E-state index contributed by atoms with van der Waals surface area (Å²) in [5, 5.41) is 3.64. The van der Waals surface area contributed by atoms with E-state index in [0.29, 0.717) is 23.7 Å². The van der Waals surface area contributed by atoms with E-state index < -0.39 is 0 Å². The molecule has 2 fully saturated rings. The lowest BCUT2D eigenvalue weighted by molar-refractivity contribution is -0.121. The average molecular weight is 455 g/mol. The SMILES string of the molecule is CN1CCN(Cc2ccc(NC(=O)C3CCCN(C(=O)c4ccc(Cl)cc4)C3)cc2)CC1. The van der Waals surface area contributed by atoms with E-state index in [2.05, 4.69) is 34.3 Å². The number of likely N-dealkylation sites (tertiary alicyclic amines) is 1. The largest absolute Gasteiger partial charge is 0.338 e. The van der Waals surface area contributed by atoms with Gasteiger partial charge in [0.25, 0.3) is 5.91 Å². The minimum Gasteiger partial charge on any atom is -0.338 e. The van der Waals surface area contributed by atoms with Gasteiger partial charge in [-0.2, -0.15) is 0 Å². The van der Waals surface area contributed by atoms with E-state index in [1.54, 1.807) is 29.2 Å². The summed E-state index contributed by atoms with van der Waals surface area (Å²) in [6, 6.07) is 15.0. The predicted molar refractivity (Wildman–Crippen MR) is 128 cm³/mol. The number of piperazine rings is 1. The topological polar surface area (TPSA) is 55.9 Å². The molecular formula is C25H31ClN4O2. The number of nitrogens with zero attached hydrogens (tertiary/aromatic N) is 3. The molecule has 170 valence electrons. The zero-order valence-corrected chi connectivity index (χ0v) is 19.4. The monoisotopic (exact) mass is 454 g/mol. The second-order valence-electron chi connectivity index (χ2n) is 8.86. The minimum atomic E-state index is -0.204. The lowest BCUT2D eigenvalue weighted by Crippen LogP contribution is -2.44. The van der Waals surface area contributed by atoms with Crippen LogP contribution in [0, 0.1) is 5.92 Å². The van der Waals surface area contributed by atoms with Crippen LogP contribution < -0.4 is 5.32 Å². The highest BCUT2D eigenvalue weighted by molar-refractivity contribution is 6.30. The van der Waals surface area contributed by atoms with E-state index in [1.807, 2.05) is 12.1 Å². The number of anilines is 1. The van der Waals surface area contributed by atoms with Gasteiger partial charge < -0.3 is 15.1 Å². The summed E-state index contributed by atoms with van der Waals surface area (Å²) in [7, 11) is 2.16. The van der Waals surface area contributed by atoms with E-state index in [9.17, 15) is 9.59 Å². The summed E-state index contributed by atoms with van der Waals surface area (Å²) in [6.45, 7) is 6.43. The van der Waals surface area contributed by atoms with E-state index in [4.69, 9.17) is 11.6 Å². The van der Waals surface area contributed by atoms with Crippen molar-refractivity contribution in [3.63, 3.8) is 0 Å². The number of halogens is 1. The molecule has 1 N–H and O–H groups in total. The number of carbonyl (C=O) groups excluding carboxylic acids is 2. The zero-order chi connectivity index (χ0) is 22.5. The van der Waals surface area contributed by atoms with Gasteiger partial charge in [-0.15, -0.1) is 0 Å². The average Bonchev–Trinajstić information content (AvgIpc) is 2.82. The van der Waals surface area contributed by atoms with Gasteiger partial charge in [-0.1, -0.05) is 23.7 Å². The number of amides is 2. The van der Waals surface area contributed by atoms with Gasteiger partial charge in [0.2, 0.25) is 5.91 Å². The smallest absolute Gasteiger partial charge is 0.253 e. The maximum atomic E-state index is 12.9. The maximum Gasteiger partial charge on any atom is 0.253 e. The van der Waals surface area contributed by atoms with Crippen molar-refractivity contribution >= 4 is 29.1 Å². The van der Waals surface area contributed by atoms with Crippen LogP contribution in [0.15, 0.2) is 48.5 Å². The van der Waals surface area contributed by atoms with Gasteiger partial charge in [0.15, 0.2) is 0 Å². The molecule has 32 heavy (non-hydrogen) atoms. The Morgan fingerprint density at radius 3 is 2.34 bits per heavy atom. The molecule has 0 saturated carbocycles. The van der Waals surface area contributed by atoms with Gasteiger partial charge in [0.1, 0.15) is 0 Å². The third-order valence-electron chi connectivity index (χ3n) is 6.39. The van der Waals surface area contributed by atoms with Gasteiger partial charge in [-0.3, -0.25) is 14.5 Å². The van der Waals surface area contributed by atoms with Gasteiger partial charge >= 0.3 is 0 Å². The Hall–Kier alpha value is -2.41. The van der Waals surface area contributed by atoms with Crippen molar-refractivity contribution in [1.29, 1.82) is 0 Å². The zero-order valence-electron chi connectivity index (χ0n) is 18.6. The van der Waals surface area contributed by atoms with Crippen molar-refractivity contribution in [2.75, 3.05) is 51.6 Å². The molecule has 0 radical (unpaired) electrons. The first-order valence-electron chi connectivity index (χ1n) is 11.3. The van der Waals surface area contributed by atoms with Crippen molar-refractivity contribution < 1.29 is 9.59 Å². The molecule has 2 amide bonds. The van der Waals surface area contributed by atoms with Crippen LogP contribution in [0.4, 0.5) is 5.69 Å². The molecule has 2 aromatic carbocycles. The van der Waals surface area contributed by atoms with Crippen LogP contribution in [0.3, 0.4) is 0 Å². The van der Waals surface area contributed by atoms with Crippen molar-refractivity contribution in [1.82, 2.24) is 14.7 Å². The van der Waals surface area contributed by atoms with Crippen molar-refractivity contribution in [2.24, 2.45) is 5.92 Å². The van der Waals surface area contributed by atoms with Crippen LogP contribution in [-0.2, 0) is 11.3 Å². The van der Waals surface area contributed by atoms with E-state index in [0.717, 1.165) is 51.3 Å². The fraction of sp³-hybridized carbons (Fsp3) is 0.440. The Morgan fingerprint density at radius 2 is 1.66 bits per heavy atom. The number of hydrogen-bond donors (Lipinski definition) is 1. The number of nitrogens with one attached hydrogen (secondary N) is 1. The lowest BCUT2D eigenvalue weighted by Gasteiger charge is -2.32. The van der Waals surface area contributed by atoms with E-state index >= 15 is 0 Å². The molecule has 2 saturated heterocycles. The Labute approximate surface area is 195 Å². The molecule has 2 heterocycles. The van der Waals surface area contributed by atoms with Crippen LogP contribution in [0.2, 0.25) is 5.02 Å². The van der Waals surface area contributed by atoms with Crippen LogP contribution in [0.5, 0.6) is 0 Å². The number of carbonyl (C=O) groups is 2. The summed E-state index contributed by atoms with van der Waals surface area (Å²) < 4.78 is 0. The highest BCUT2D eigenvalue weighted by Crippen LogP contribution is 2.22. The summed E-state index contributed by atoms with van der Waals surface area (Å²) in [4.78, 5) is 32.3. The first kappa shape index (κ1) is 22.8. The Balaban J connectivity index is 1.30. The fourth-order valence-corrected chi connectivity index (χ4v) is 4.48. The molecule has 1 unspecified atom stereocenters. The highest BCUT2D eigenvalue weighted by atomic mass is 35.5. The number of rotatable bonds is 5. The summed E-state index contributed by atoms with van der Waals surface area (Å²) in [5.74, 6) is -0.275. The lowest BCUT2D eigenvalue weighted by atomic mass is 9.96. The highest BCUT2D eigenvalue weighted by Gasteiger charge is 2.29. The minimum absolute atomic E-state index is 0.0228. The fourth-order valence-electron chi connectivity index (χ4n) is 4.35. The molecule has 0 aliphatic carbocycles. The molecule has 2 aromatic rings. The van der Waals surface area contributed by atoms with Crippen molar-refractivity contribution in [3.8, 4) is 0 Å². The summed E-state index contributed by atoms with van der Waals surface area (Å²) >= 11 is 5.93. The Morgan fingerprint density at radius 1 is 0.969 bits per heavy atom. The van der Waals surface area contributed by atoms with Crippen LogP contribution in [0.25, 0.3) is 0 Å². The van der Waals surface area contributed by atoms with Gasteiger partial charge in [0, 0.05) is 62.1 Å². The van der Waals surface area contributed by atoms with Crippen molar-refractivity contribution in [3.05, 3.63) is 64.7 Å². The first-order valence-corrected chi connectivity index (χ1v) is 11.7. The Kier molecular flexibility index (Phi) is 7.45. The quantitative estimate of drug-likeness (QED) is 0.750. The van der Waals surface area contributed by atoms with Crippen LogP contribution in [0.1, 0.15) is 28.8 Å². The predicted octanol–water partition coefficient (Wildman–Crippen LogP) is 3.58. The molecule has 0 bridgehead atoms. The van der Waals surface area contributed by atoms with E-state index in [-0.39, 0.29) is 17.7 Å². The number of piperidine rings is 1. The third-order valence-corrected chi connectivity index (χ3v) is 6.65. The first-order chi connectivity index (χ1) is 15.5. The van der Waals surface area contributed by atoms with Gasteiger partial charge in [-0.05, 0) is 61.9 Å². The standard InChI is InChI=1S/C25H31ClN4O2/c1-28-13-15-29(16-14-28)17-19-4-10-23(11-5-19)27-24(31)21-3-2-12-30(18-21)25(32)20-6-8-22(26)9-7-20/h4-11,21H,2-3,12-18H2,1H3,(H,27,31).